The number of rotatable bonds is 14. The average Bonchev–Trinajstić information content (AvgIpc) is 2.59. The average molecular weight is 478 g/mol. The summed E-state index contributed by atoms with van der Waals surface area (Å²) in [5.41, 5.74) is 3.41. The van der Waals surface area contributed by atoms with E-state index >= 15 is 0 Å². The van der Waals surface area contributed by atoms with Crippen molar-refractivity contribution in [3.63, 3.8) is 0 Å². The van der Waals surface area contributed by atoms with Gasteiger partial charge in [0.25, 0.3) is 0 Å². The van der Waals surface area contributed by atoms with E-state index in [2.05, 4.69) is 26.0 Å². The Morgan fingerprint density at radius 3 is 1.66 bits per heavy atom. The van der Waals surface area contributed by atoms with Crippen LogP contribution in [0.4, 0.5) is 0 Å². The molecule has 0 aromatic rings. The molecule has 3 atom stereocenters. The summed E-state index contributed by atoms with van der Waals surface area (Å²) in [5, 5.41) is 42.2. The van der Waals surface area contributed by atoms with Crippen LogP contribution in [0.5, 0.6) is 0 Å². The van der Waals surface area contributed by atoms with Crippen LogP contribution in [-0.4, -0.2) is 41.8 Å². The van der Waals surface area contributed by atoms with E-state index in [0.29, 0.717) is 6.42 Å². The van der Waals surface area contributed by atoms with Crippen molar-refractivity contribution in [1.29, 1.82) is 0 Å². The van der Waals surface area contributed by atoms with Gasteiger partial charge in [0, 0.05) is 0 Å². The van der Waals surface area contributed by atoms with Crippen molar-refractivity contribution in [2.75, 3.05) is 6.61 Å². The summed E-state index contributed by atoms with van der Waals surface area (Å²) in [6.07, 6.45) is 4.45. The zero-order chi connectivity index (χ0) is 22.6. The molecule has 0 aliphatic heterocycles. The van der Waals surface area contributed by atoms with Crippen molar-refractivity contribution >= 4 is 17.9 Å². The molecule has 0 aromatic heterocycles. The maximum absolute atomic E-state index is 11.1. The van der Waals surface area contributed by atoms with E-state index in [-0.39, 0.29) is 95.3 Å². The van der Waals surface area contributed by atoms with Crippen LogP contribution in [0.25, 0.3) is 0 Å². The molecule has 0 amide bonds. The fraction of sp³-hybridized carbons (Fsp3) is 0.571. The molecule has 32 heavy (non-hydrogen) atoms. The van der Waals surface area contributed by atoms with Crippen LogP contribution in [0, 0.1) is 5.92 Å². The summed E-state index contributed by atoms with van der Waals surface area (Å²) in [5.74, 6) is -8.57. The number of allylic oxidation sites excluding steroid dienone is 5. The fourth-order valence-electron chi connectivity index (χ4n) is 2.52. The quantitative estimate of drug-likeness (QED) is 0.191. The van der Waals surface area contributed by atoms with Crippen molar-refractivity contribution in [2.24, 2.45) is 5.92 Å². The van der Waals surface area contributed by atoms with Crippen molar-refractivity contribution in [1.82, 2.24) is 0 Å². The summed E-state index contributed by atoms with van der Waals surface area (Å²) < 4.78 is 4.94. The molecule has 11 heteroatoms. The van der Waals surface area contributed by atoms with Gasteiger partial charge in [0.1, 0.15) is 12.2 Å². The van der Waals surface area contributed by atoms with E-state index in [1.165, 1.54) is 11.1 Å². The van der Waals surface area contributed by atoms with Crippen LogP contribution < -0.4 is 104 Å². The van der Waals surface area contributed by atoms with Gasteiger partial charge in [-0.1, -0.05) is 34.9 Å². The minimum absolute atomic E-state index is 0. The van der Waals surface area contributed by atoms with Gasteiger partial charge in [-0.25, -0.2) is 0 Å². The Kier molecular flexibility index (Phi) is 27.4. The first-order valence-electron chi connectivity index (χ1n) is 9.34. The molecule has 0 spiro atoms. The van der Waals surface area contributed by atoms with E-state index in [0.717, 1.165) is 24.8 Å². The Morgan fingerprint density at radius 1 is 0.781 bits per heavy atom. The van der Waals surface area contributed by atoms with E-state index in [1.807, 2.05) is 6.92 Å². The first-order chi connectivity index (χ1) is 13.5. The molecule has 0 fully saturated rings. The van der Waals surface area contributed by atoms with Gasteiger partial charge in [0.15, 0.2) is 0 Å². The minimum atomic E-state index is -2.60. The van der Waals surface area contributed by atoms with Crippen LogP contribution in [0.15, 0.2) is 34.9 Å². The van der Waals surface area contributed by atoms with Crippen LogP contribution >= 0.6 is 0 Å². The molecule has 3 unspecified atom stereocenters. The number of ether oxygens (including phenoxy) is 1. The molecule has 0 radical (unpaired) electrons. The third-order valence-electron chi connectivity index (χ3n) is 4.24. The number of carboxylic acids is 3. The van der Waals surface area contributed by atoms with Gasteiger partial charge in [-0.3, -0.25) is 0 Å². The SMILES string of the molecule is CC(C)=CCCC(C)=CCCC(C)=CCOC(C(=O)[O-])C(C(=O)[O-])C(O)C(=O)[O-].[Na+].[Na+].[Na+]. The van der Waals surface area contributed by atoms with E-state index in [9.17, 15) is 34.8 Å². The molecule has 8 nitrogen and oxygen atoms in total. The molecule has 164 valence electrons. The molecule has 0 rings (SSSR count). The second-order valence-corrected chi connectivity index (χ2v) is 7.14. The second-order valence-electron chi connectivity index (χ2n) is 7.14. The molecule has 0 saturated carbocycles. The number of carbonyl (C=O) groups is 3. The molecule has 0 aromatic carbocycles. The second kappa shape index (κ2) is 22.0. The van der Waals surface area contributed by atoms with Crippen molar-refractivity contribution < 1.29 is 128 Å². The summed E-state index contributed by atoms with van der Waals surface area (Å²) in [7, 11) is 0. The standard InChI is InChI=1S/C21H32O8.3Na/c1-13(2)7-5-8-14(3)9-6-10-15(4)11-12-29-18(21(27)28)16(19(23)24)17(22)20(25)26;;;/h7,9,11,16-18,22H,5-6,8,10,12H2,1-4H3,(H,23,24)(H,25,26)(H,27,28);;;/q;3*+1/p-3. The van der Waals surface area contributed by atoms with Gasteiger partial charge in [-0.2, -0.15) is 0 Å². The van der Waals surface area contributed by atoms with Crippen molar-refractivity contribution in [2.45, 2.75) is 65.6 Å². The first-order valence-corrected chi connectivity index (χ1v) is 9.34. The summed E-state index contributed by atoms with van der Waals surface area (Å²) >= 11 is 0. The molecule has 0 aliphatic rings. The van der Waals surface area contributed by atoms with Gasteiger partial charge in [0.05, 0.1) is 30.4 Å². The molecule has 0 bridgehead atoms. The van der Waals surface area contributed by atoms with E-state index in [1.54, 1.807) is 13.0 Å². The molecule has 1 N–H and O–H groups in total. The number of aliphatic hydroxyl groups is 1. The maximum atomic E-state index is 11.1. The van der Waals surface area contributed by atoms with Crippen molar-refractivity contribution in [3.8, 4) is 0 Å². The van der Waals surface area contributed by atoms with E-state index < -0.39 is 36.0 Å². The maximum Gasteiger partial charge on any atom is 1.00 e. The minimum Gasteiger partial charge on any atom is -0.550 e. The zero-order valence-corrected chi connectivity index (χ0v) is 26.3. The van der Waals surface area contributed by atoms with Gasteiger partial charge in [0.2, 0.25) is 0 Å². The number of aliphatic carboxylic acids is 3. The Morgan fingerprint density at radius 2 is 1.25 bits per heavy atom. The predicted octanol–water partition coefficient (Wildman–Crippen LogP) is -9.97. The largest absolute Gasteiger partial charge is 1.00 e. The topological polar surface area (TPSA) is 150 Å². The number of carbonyl (C=O) groups excluding carboxylic acids is 3. The van der Waals surface area contributed by atoms with Gasteiger partial charge < -0.3 is 39.5 Å². The normalized spacial score (nSPS) is 13.9. The fourth-order valence-corrected chi connectivity index (χ4v) is 2.52. The molecule has 0 saturated heterocycles. The number of aliphatic hydroxyl groups excluding tert-OH is 1. The Labute approximate surface area is 256 Å². The van der Waals surface area contributed by atoms with Gasteiger partial charge >= 0.3 is 88.7 Å². The van der Waals surface area contributed by atoms with Crippen LogP contribution in [0.2, 0.25) is 0 Å². The molecule has 0 heterocycles. The Bertz CT molecular complexity index is 670. The predicted molar refractivity (Wildman–Crippen MR) is 99.7 cm³/mol. The summed E-state index contributed by atoms with van der Waals surface area (Å²) in [4.78, 5) is 32.9. The van der Waals surface area contributed by atoms with Gasteiger partial charge in [-0.05, 0) is 53.4 Å². The summed E-state index contributed by atoms with van der Waals surface area (Å²) in [6, 6.07) is 0. The van der Waals surface area contributed by atoms with E-state index in [4.69, 9.17) is 4.74 Å². The van der Waals surface area contributed by atoms with Crippen LogP contribution in [0.1, 0.15) is 53.4 Å². The molecular weight excluding hydrogens is 449 g/mol. The third kappa shape index (κ3) is 18.0. The molecule has 0 aliphatic carbocycles. The summed E-state index contributed by atoms with van der Waals surface area (Å²) in [6.45, 7) is 7.66. The van der Waals surface area contributed by atoms with Crippen molar-refractivity contribution in [3.05, 3.63) is 34.9 Å². The van der Waals surface area contributed by atoms with Gasteiger partial charge in [-0.15, -0.1) is 0 Å². The zero-order valence-electron chi connectivity index (χ0n) is 20.3. The number of hydrogen-bond donors (Lipinski definition) is 1. The monoisotopic (exact) mass is 478 g/mol. The number of carboxylic acid groups (broad SMARTS) is 3. The Hall–Kier alpha value is 0.550. The Balaban J connectivity index is -0.00000131. The van der Waals surface area contributed by atoms with Crippen LogP contribution in [0.3, 0.4) is 0 Å². The van der Waals surface area contributed by atoms with Crippen LogP contribution in [-0.2, 0) is 19.1 Å². The smallest absolute Gasteiger partial charge is 0.550 e. The third-order valence-corrected chi connectivity index (χ3v) is 4.24. The first kappa shape index (κ1) is 39.8. The number of hydrogen-bond acceptors (Lipinski definition) is 8. The molecular formula is C21H29Na3O8.